The highest BCUT2D eigenvalue weighted by Gasteiger charge is 1.98. The van der Waals surface area contributed by atoms with Gasteiger partial charge in [-0.25, -0.2) is 0 Å². The minimum atomic E-state index is 0.871. The topological polar surface area (TPSA) is 21.3 Å². The second-order valence-corrected chi connectivity index (χ2v) is 4.24. The molecule has 2 heteroatoms. The average molecular weight is 241 g/mol. The van der Waals surface area contributed by atoms with Gasteiger partial charge in [0.1, 0.15) is 11.5 Å². The van der Waals surface area contributed by atoms with Crippen molar-refractivity contribution in [3.05, 3.63) is 60.2 Å². The van der Waals surface area contributed by atoms with Gasteiger partial charge in [-0.3, -0.25) is 0 Å². The number of hydrogen-bond donors (Lipinski definition) is 1. The Kier molecular flexibility index (Phi) is 4.79. The Morgan fingerprint density at radius 2 is 1.72 bits per heavy atom. The van der Waals surface area contributed by atoms with Crippen LogP contribution in [-0.4, -0.2) is 6.54 Å². The predicted octanol–water partition coefficient (Wildman–Crippen LogP) is 3.98. The van der Waals surface area contributed by atoms with Gasteiger partial charge in [0.15, 0.2) is 0 Å². The van der Waals surface area contributed by atoms with Gasteiger partial charge in [-0.1, -0.05) is 37.3 Å². The van der Waals surface area contributed by atoms with Crippen molar-refractivity contribution in [2.75, 3.05) is 6.54 Å². The molecule has 2 aromatic rings. The average Bonchev–Trinajstić information content (AvgIpc) is 2.41. The molecule has 0 fully saturated rings. The summed E-state index contributed by atoms with van der Waals surface area (Å²) in [5, 5.41) is 3.39. The number of para-hydroxylation sites is 1. The maximum absolute atomic E-state index is 5.80. The molecular formula is C16H19NO. The molecule has 0 unspecified atom stereocenters. The van der Waals surface area contributed by atoms with Crippen LogP contribution in [0.25, 0.3) is 0 Å². The molecule has 0 aromatic heterocycles. The fraction of sp³-hybridized carbons (Fsp3) is 0.250. The quantitative estimate of drug-likeness (QED) is 0.772. The molecule has 2 rings (SSSR count). The van der Waals surface area contributed by atoms with Crippen molar-refractivity contribution in [1.29, 1.82) is 0 Å². The van der Waals surface area contributed by atoms with E-state index >= 15 is 0 Å². The van der Waals surface area contributed by atoms with E-state index in [2.05, 4.69) is 24.4 Å². The Balaban J connectivity index is 1.99. The van der Waals surface area contributed by atoms with E-state index < -0.39 is 0 Å². The maximum atomic E-state index is 5.80. The summed E-state index contributed by atoms with van der Waals surface area (Å²) < 4.78 is 5.80. The molecule has 0 radical (unpaired) electrons. The Morgan fingerprint density at radius 1 is 0.944 bits per heavy atom. The maximum Gasteiger partial charge on any atom is 0.127 e. The van der Waals surface area contributed by atoms with Gasteiger partial charge in [0.05, 0.1) is 0 Å². The smallest absolute Gasteiger partial charge is 0.127 e. The van der Waals surface area contributed by atoms with Crippen molar-refractivity contribution in [2.45, 2.75) is 19.9 Å². The predicted molar refractivity (Wildman–Crippen MR) is 75.0 cm³/mol. The number of hydrogen-bond acceptors (Lipinski definition) is 2. The molecule has 0 heterocycles. The fourth-order valence-electron chi connectivity index (χ4n) is 1.75. The van der Waals surface area contributed by atoms with Crippen LogP contribution in [-0.2, 0) is 6.54 Å². The van der Waals surface area contributed by atoms with E-state index in [4.69, 9.17) is 4.74 Å². The van der Waals surface area contributed by atoms with E-state index in [1.165, 1.54) is 5.56 Å². The van der Waals surface area contributed by atoms with E-state index in [9.17, 15) is 0 Å². The summed E-state index contributed by atoms with van der Waals surface area (Å²) in [5.41, 5.74) is 1.25. The van der Waals surface area contributed by atoms with Crippen molar-refractivity contribution in [2.24, 2.45) is 0 Å². The Labute approximate surface area is 109 Å². The molecule has 2 nitrogen and oxygen atoms in total. The second-order valence-electron chi connectivity index (χ2n) is 4.24. The first kappa shape index (κ1) is 12.7. The van der Waals surface area contributed by atoms with Crippen LogP contribution in [0.2, 0.25) is 0 Å². The minimum Gasteiger partial charge on any atom is -0.457 e. The van der Waals surface area contributed by atoms with Crippen molar-refractivity contribution in [3.63, 3.8) is 0 Å². The van der Waals surface area contributed by atoms with E-state index in [0.29, 0.717) is 0 Å². The highest BCUT2D eigenvalue weighted by molar-refractivity contribution is 5.33. The zero-order chi connectivity index (χ0) is 12.6. The Bertz CT molecular complexity index is 468. The number of benzene rings is 2. The zero-order valence-electron chi connectivity index (χ0n) is 10.7. The lowest BCUT2D eigenvalue weighted by Gasteiger charge is -2.08. The van der Waals surface area contributed by atoms with Crippen molar-refractivity contribution < 1.29 is 4.74 Å². The minimum absolute atomic E-state index is 0.871. The lowest BCUT2D eigenvalue weighted by molar-refractivity contribution is 0.481. The summed E-state index contributed by atoms with van der Waals surface area (Å²) >= 11 is 0. The summed E-state index contributed by atoms with van der Waals surface area (Å²) in [5.74, 6) is 1.76. The SMILES string of the molecule is CCCNCc1cccc(Oc2ccccc2)c1. The molecule has 0 aliphatic heterocycles. The highest BCUT2D eigenvalue weighted by atomic mass is 16.5. The molecule has 0 amide bonds. The summed E-state index contributed by atoms with van der Waals surface area (Å²) in [6, 6.07) is 18.1. The van der Waals surface area contributed by atoms with E-state index in [1.54, 1.807) is 0 Å². The van der Waals surface area contributed by atoms with Crippen LogP contribution in [0.3, 0.4) is 0 Å². The molecule has 94 valence electrons. The van der Waals surface area contributed by atoms with Crippen LogP contribution in [0.15, 0.2) is 54.6 Å². The van der Waals surface area contributed by atoms with Gasteiger partial charge in [0.2, 0.25) is 0 Å². The molecule has 0 atom stereocenters. The lowest BCUT2D eigenvalue weighted by Crippen LogP contribution is -2.13. The van der Waals surface area contributed by atoms with E-state index in [1.807, 2.05) is 42.5 Å². The summed E-state index contributed by atoms with van der Waals surface area (Å²) in [6.45, 7) is 4.10. The van der Waals surface area contributed by atoms with Crippen molar-refractivity contribution in [3.8, 4) is 11.5 Å². The standard InChI is InChI=1S/C16H19NO/c1-2-11-17-13-14-7-6-10-16(12-14)18-15-8-4-3-5-9-15/h3-10,12,17H,2,11,13H2,1H3. The van der Waals surface area contributed by atoms with Crippen LogP contribution < -0.4 is 10.1 Å². The summed E-state index contributed by atoms with van der Waals surface area (Å²) in [6.07, 6.45) is 1.15. The molecule has 0 saturated heterocycles. The molecule has 18 heavy (non-hydrogen) atoms. The van der Waals surface area contributed by atoms with Crippen LogP contribution in [0.5, 0.6) is 11.5 Å². The molecule has 2 aromatic carbocycles. The third-order valence-electron chi connectivity index (χ3n) is 2.63. The number of ether oxygens (including phenoxy) is 1. The summed E-state index contributed by atoms with van der Waals surface area (Å²) in [7, 11) is 0. The zero-order valence-corrected chi connectivity index (χ0v) is 10.7. The van der Waals surface area contributed by atoms with Gasteiger partial charge in [0, 0.05) is 6.54 Å². The molecule has 1 N–H and O–H groups in total. The molecule has 0 saturated carbocycles. The van der Waals surface area contributed by atoms with Crippen molar-refractivity contribution >= 4 is 0 Å². The number of nitrogens with one attached hydrogen (secondary N) is 1. The first-order valence-corrected chi connectivity index (χ1v) is 6.41. The lowest BCUT2D eigenvalue weighted by atomic mass is 10.2. The first-order valence-electron chi connectivity index (χ1n) is 6.41. The van der Waals surface area contributed by atoms with Crippen molar-refractivity contribution in [1.82, 2.24) is 5.32 Å². The largest absolute Gasteiger partial charge is 0.457 e. The monoisotopic (exact) mass is 241 g/mol. The third-order valence-corrected chi connectivity index (χ3v) is 2.63. The third kappa shape index (κ3) is 3.90. The van der Waals surface area contributed by atoms with E-state index in [-0.39, 0.29) is 0 Å². The molecule has 0 spiro atoms. The van der Waals surface area contributed by atoms with Crippen LogP contribution in [0, 0.1) is 0 Å². The second kappa shape index (κ2) is 6.82. The Hall–Kier alpha value is -1.80. The first-order chi connectivity index (χ1) is 8.88. The van der Waals surface area contributed by atoms with Gasteiger partial charge < -0.3 is 10.1 Å². The van der Waals surface area contributed by atoms with Gasteiger partial charge >= 0.3 is 0 Å². The summed E-state index contributed by atoms with van der Waals surface area (Å²) in [4.78, 5) is 0. The molecular weight excluding hydrogens is 222 g/mol. The van der Waals surface area contributed by atoms with E-state index in [0.717, 1.165) is 31.0 Å². The highest BCUT2D eigenvalue weighted by Crippen LogP contribution is 2.21. The van der Waals surface area contributed by atoms with Crippen LogP contribution in [0.1, 0.15) is 18.9 Å². The van der Waals surface area contributed by atoms with Crippen LogP contribution >= 0.6 is 0 Å². The molecule has 0 bridgehead atoms. The van der Waals surface area contributed by atoms with Gasteiger partial charge in [0.25, 0.3) is 0 Å². The number of rotatable bonds is 6. The molecule has 0 aliphatic rings. The fourth-order valence-corrected chi connectivity index (χ4v) is 1.75. The Morgan fingerprint density at radius 3 is 2.50 bits per heavy atom. The normalized spacial score (nSPS) is 10.3. The van der Waals surface area contributed by atoms with Gasteiger partial charge in [-0.05, 0) is 42.8 Å². The van der Waals surface area contributed by atoms with Gasteiger partial charge in [-0.2, -0.15) is 0 Å². The van der Waals surface area contributed by atoms with Gasteiger partial charge in [-0.15, -0.1) is 0 Å². The molecule has 0 aliphatic carbocycles. The van der Waals surface area contributed by atoms with Crippen LogP contribution in [0.4, 0.5) is 0 Å².